The van der Waals surface area contributed by atoms with Crippen molar-refractivity contribution in [1.82, 2.24) is 15.1 Å². The Labute approximate surface area is 116 Å². The van der Waals surface area contributed by atoms with Crippen molar-refractivity contribution in [1.29, 1.82) is 0 Å². The van der Waals surface area contributed by atoms with Gasteiger partial charge in [0.1, 0.15) is 0 Å². The van der Waals surface area contributed by atoms with Crippen LogP contribution in [0.25, 0.3) is 0 Å². The van der Waals surface area contributed by atoms with Crippen molar-refractivity contribution in [2.24, 2.45) is 7.05 Å². The Bertz CT molecular complexity index is 341. The molecule has 2 atom stereocenters. The SMILES string of the molecule is CCNC(c1c(Br)cnn1C)C1CCCCS1. The zero-order valence-corrected chi connectivity index (χ0v) is 12.9. The van der Waals surface area contributed by atoms with Crippen molar-refractivity contribution in [2.75, 3.05) is 12.3 Å². The Morgan fingerprint density at radius 3 is 3.00 bits per heavy atom. The van der Waals surface area contributed by atoms with Crippen molar-refractivity contribution in [3.05, 3.63) is 16.4 Å². The van der Waals surface area contributed by atoms with Crippen molar-refractivity contribution >= 4 is 27.7 Å². The Hall–Kier alpha value is -0.000000000000000111. The number of halogens is 1. The topological polar surface area (TPSA) is 29.9 Å². The number of thioether (sulfide) groups is 1. The molecule has 5 heteroatoms. The van der Waals surface area contributed by atoms with Gasteiger partial charge in [-0.1, -0.05) is 13.3 Å². The molecular formula is C12H20BrN3S. The van der Waals surface area contributed by atoms with E-state index in [2.05, 4.69) is 45.0 Å². The highest BCUT2D eigenvalue weighted by Crippen LogP contribution is 2.36. The number of nitrogens with zero attached hydrogens (tertiary/aromatic N) is 2. The second-order valence-corrected chi connectivity index (χ2v) is 6.64. The first-order valence-corrected chi connectivity index (χ1v) is 8.10. The summed E-state index contributed by atoms with van der Waals surface area (Å²) in [7, 11) is 2.03. The third-order valence-corrected chi connectivity index (χ3v) is 5.31. The first-order valence-electron chi connectivity index (χ1n) is 6.26. The molecule has 0 amide bonds. The van der Waals surface area contributed by atoms with Crippen LogP contribution >= 0.6 is 27.7 Å². The van der Waals surface area contributed by atoms with Crippen LogP contribution in [0.2, 0.25) is 0 Å². The van der Waals surface area contributed by atoms with E-state index in [9.17, 15) is 0 Å². The van der Waals surface area contributed by atoms with E-state index in [4.69, 9.17) is 0 Å². The quantitative estimate of drug-likeness (QED) is 0.925. The normalized spacial score (nSPS) is 22.6. The van der Waals surface area contributed by atoms with Crippen LogP contribution in [0.5, 0.6) is 0 Å². The molecule has 1 fully saturated rings. The Morgan fingerprint density at radius 2 is 2.47 bits per heavy atom. The highest BCUT2D eigenvalue weighted by Gasteiger charge is 2.28. The lowest BCUT2D eigenvalue weighted by atomic mass is 10.0. The monoisotopic (exact) mass is 317 g/mol. The molecule has 1 saturated heterocycles. The summed E-state index contributed by atoms with van der Waals surface area (Å²) in [6, 6.07) is 0.409. The number of hydrogen-bond acceptors (Lipinski definition) is 3. The lowest BCUT2D eigenvalue weighted by Crippen LogP contribution is -2.33. The predicted molar refractivity (Wildman–Crippen MR) is 77.4 cm³/mol. The van der Waals surface area contributed by atoms with E-state index in [1.54, 1.807) is 0 Å². The summed E-state index contributed by atoms with van der Waals surface area (Å²) in [6.45, 7) is 3.17. The molecule has 2 heterocycles. The minimum Gasteiger partial charge on any atom is -0.308 e. The first-order chi connectivity index (χ1) is 8.24. The summed E-state index contributed by atoms with van der Waals surface area (Å²) in [5.74, 6) is 1.29. The van der Waals surface area contributed by atoms with Gasteiger partial charge in [0, 0.05) is 12.3 Å². The van der Waals surface area contributed by atoms with Crippen molar-refractivity contribution in [3.8, 4) is 0 Å². The maximum Gasteiger partial charge on any atom is 0.0703 e. The molecule has 1 aromatic heterocycles. The molecule has 17 heavy (non-hydrogen) atoms. The van der Waals surface area contributed by atoms with E-state index < -0.39 is 0 Å². The van der Waals surface area contributed by atoms with Gasteiger partial charge in [-0.3, -0.25) is 4.68 Å². The maximum absolute atomic E-state index is 4.33. The van der Waals surface area contributed by atoms with Crippen LogP contribution in [0.3, 0.4) is 0 Å². The van der Waals surface area contributed by atoms with Gasteiger partial charge in [0.25, 0.3) is 0 Å². The molecule has 0 saturated carbocycles. The lowest BCUT2D eigenvalue weighted by Gasteiger charge is -2.30. The molecule has 0 bridgehead atoms. The summed E-state index contributed by atoms with van der Waals surface area (Å²) in [4.78, 5) is 0. The molecular weight excluding hydrogens is 298 g/mol. The average molecular weight is 318 g/mol. The Balaban J connectivity index is 2.21. The van der Waals surface area contributed by atoms with Crippen molar-refractivity contribution in [3.63, 3.8) is 0 Å². The van der Waals surface area contributed by atoms with E-state index >= 15 is 0 Å². The molecule has 1 aliphatic rings. The molecule has 1 N–H and O–H groups in total. The van der Waals surface area contributed by atoms with Crippen LogP contribution in [-0.4, -0.2) is 27.3 Å². The number of nitrogens with one attached hydrogen (secondary N) is 1. The number of aromatic nitrogens is 2. The Morgan fingerprint density at radius 1 is 1.65 bits per heavy atom. The molecule has 1 aliphatic heterocycles. The number of hydrogen-bond donors (Lipinski definition) is 1. The molecule has 0 aliphatic carbocycles. The van der Waals surface area contributed by atoms with Gasteiger partial charge < -0.3 is 5.32 Å². The Kier molecular flexibility index (Phi) is 4.94. The minimum absolute atomic E-state index is 0.409. The molecule has 1 aromatic rings. The van der Waals surface area contributed by atoms with Gasteiger partial charge >= 0.3 is 0 Å². The molecule has 0 aromatic carbocycles. The molecule has 96 valence electrons. The zero-order valence-electron chi connectivity index (χ0n) is 10.4. The van der Waals surface area contributed by atoms with Gasteiger partial charge in [0.2, 0.25) is 0 Å². The van der Waals surface area contributed by atoms with Crippen LogP contribution in [0, 0.1) is 0 Å². The van der Waals surface area contributed by atoms with Gasteiger partial charge in [-0.05, 0) is 41.1 Å². The fraction of sp³-hybridized carbons (Fsp3) is 0.750. The summed E-state index contributed by atoms with van der Waals surface area (Å²) >= 11 is 5.72. The highest BCUT2D eigenvalue weighted by atomic mass is 79.9. The molecule has 0 spiro atoms. The van der Waals surface area contributed by atoms with Crippen LogP contribution in [0.4, 0.5) is 0 Å². The smallest absolute Gasteiger partial charge is 0.0703 e. The van der Waals surface area contributed by atoms with Crippen LogP contribution in [0.1, 0.15) is 37.9 Å². The first kappa shape index (κ1) is 13.4. The average Bonchev–Trinajstić information content (AvgIpc) is 2.68. The number of rotatable bonds is 4. The van der Waals surface area contributed by atoms with E-state index in [1.165, 1.54) is 30.7 Å². The van der Waals surface area contributed by atoms with E-state index in [1.807, 2.05) is 17.9 Å². The molecule has 0 radical (unpaired) electrons. The fourth-order valence-corrected chi connectivity index (χ4v) is 4.44. The van der Waals surface area contributed by atoms with Crippen LogP contribution < -0.4 is 5.32 Å². The van der Waals surface area contributed by atoms with Crippen molar-refractivity contribution < 1.29 is 0 Å². The van der Waals surface area contributed by atoms with Gasteiger partial charge in [-0.2, -0.15) is 16.9 Å². The summed E-state index contributed by atoms with van der Waals surface area (Å²) in [5.41, 5.74) is 1.28. The summed E-state index contributed by atoms with van der Waals surface area (Å²) in [6.07, 6.45) is 5.93. The van der Waals surface area contributed by atoms with Gasteiger partial charge in [0.15, 0.2) is 0 Å². The summed E-state index contributed by atoms with van der Waals surface area (Å²) < 4.78 is 3.11. The standard InChI is InChI=1S/C12H20BrN3S/c1-3-14-11(10-6-4-5-7-17-10)12-9(13)8-15-16(12)2/h8,10-11,14H,3-7H2,1-2H3. The fourth-order valence-electron chi connectivity index (χ4n) is 2.42. The van der Waals surface area contributed by atoms with E-state index in [0.717, 1.165) is 11.0 Å². The lowest BCUT2D eigenvalue weighted by molar-refractivity contribution is 0.462. The second-order valence-electron chi connectivity index (χ2n) is 4.44. The van der Waals surface area contributed by atoms with Gasteiger partial charge in [-0.25, -0.2) is 0 Å². The number of aryl methyl sites for hydroxylation is 1. The third kappa shape index (κ3) is 3.06. The summed E-state index contributed by atoms with van der Waals surface area (Å²) in [5, 5.41) is 8.64. The largest absolute Gasteiger partial charge is 0.308 e. The van der Waals surface area contributed by atoms with E-state index in [-0.39, 0.29) is 0 Å². The predicted octanol–water partition coefficient (Wildman–Crippen LogP) is 3.12. The maximum atomic E-state index is 4.33. The third-order valence-electron chi connectivity index (χ3n) is 3.24. The van der Waals surface area contributed by atoms with E-state index in [0.29, 0.717) is 11.3 Å². The molecule has 2 unspecified atom stereocenters. The highest BCUT2D eigenvalue weighted by molar-refractivity contribution is 9.10. The van der Waals surface area contributed by atoms with Gasteiger partial charge in [-0.15, -0.1) is 0 Å². The van der Waals surface area contributed by atoms with Crippen LogP contribution in [-0.2, 0) is 7.05 Å². The zero-order chi connectivity index (χ0) is 12.3. The molecule has 3 nitrogen and oxygen atoms in total. The second kappa shape index (κ2) is 6.25. The van der Waals surface area contributed by atoms with Crippen molar-refractivity contribution in [2.45, 2.75) is 37.5 Å². The van der Waals surface area contributed by atoms with Gasteiger partial charge in [0.05, 0.1) is 22.4 Å². The molecule has 2 rings (SSSR count). The van der Waals surface area contributed by atoms with Crippen LogP contribution in [0.15, 0.2) is 10.7 Å². The minimum atomic E-state index is 0.409.